The van der Waals surface area contributed by atoms with Crippen molar-refractivity contribution in [3.05, 3.63) is 34.7 Å². The molecule has 0 aliphatic carbocycles. The van der Waals surface area contributed by atoms with Gasteiger partial charge in [0, 0.05) is 25.4 Å². The largest absolute Gasteiger partial charge is 0.387 e. The standard InChI is InChI=1S/C15H23N3O3/c1-16(2)11-15(21)7-5-9-18(12-15)14(20)10-17-8-4-3-6-13(17)19/h3-4,6,8,21H,5,7,9-12H2,1-2H3/t15-/m0/s1. The molecule has 1 fully saturated rings. The van der Waals surface area contributed by atoms with Gasteiger partial charge in [-0.2, -0.15) is 0 Å². The van der Waals surface area contributed by atoms with Crippen molar-refractivity contribution in [1.29, 1.82) is 0 Å². The van der Waals surface area contributed by atoms with Crippen LogP contribution in [0.15, 0.2) is 29.2 Å². The zero-order valence-corrected chi connectivity index (χ0v) is 12.7. The summed E-state index contributed by atoms with van der Waals surface area (Å²) < 4.78 is 1.39. The second-order valence-electron chi connectivity index (χ2n) is 6.05. The van der Waals surface area contributed by atoms with E-state index in [1.54, 1.807) is 23.2 Å². The van der Waals surface area contributed by atoms with Crippen LogP contribution in [0.25, 0.3) is 0 Å². The van der Waals surface area contributed by atoms with Crippen molar-refractivity contribution in [1.82, 2.24) is 14.4 Å². The zero-order valence-electron chi connectivity index (χ0n) is 12.7. The van der Waals surface area contributed by atoms with Crippen molar-refractivity contribution in [2.75, 3.05) is 33.7 Å². The first-order chi connectivity index (χ1) is 9.89. The summed E-state index contributed by atoms with van der Waals surface area (Å²) in [6.07, 6.45) is 3.08. The Balaban J connectivity index is 2.03. The molecule has 0 radical (unpaired) electrons. The molecule has 0 spiro atoms. The van der Waals surface area contributed by atoms with Gasteiger partial charge in [0.2, 0.25) is 5.91 Å². The predicted molar refractivity (Wildman–Crippen MR) is 80.0 cm³/mol. The SMILES string of the molecule is CN(C)C[C@@]1(O)CCCN(C(=O)Cn2ccccc2=O)C1. The van der Waals surface area contributed by atoms with E-state index in [1.165, 1.54) is 10.6 Å². The first kappa shape index (κ1) is 15.7. The molecule has 1 aliphatic rings. The van der Waals surface area contributed by atoms with Gasteiger partial charge in [-0.15, -0.1) is 0 Å². The Morgan fingerprint density at radius 3 is 2.86 bits per heavy atom. The smallest absolute Gasteiger partial charge is 0.250 e. The second-order valence-corrected chi connectivity index (χ2v) is 6.05. The van der Waals surface area contributed by atoms with Crippen LogP contribution in [-0.4, -0.2) is 64.7 Å². The van der Waals surface area contributed by atoms with E-state index in [0.29, 0.717) is 26.1 Å². The van der Waals surface area contributed by atoms with E-state index in [0.717, 1.165) is 6.42 Å². The first-order valence-electron chi connectivity index (χ1n) is 7.20. The molecule has 1 amide bonds. The molecule has 1 aromatic rings. The molecule has 1 aliphatic heterocycles. The van der Waals surface area contributed by atoms with Crippen LogP contribution in [0.2, 0.25) is 0 Å². The third-order valence-electron chi connectivity index (χ3n) is 3.72. The number of aromatic nitrogens is 1. The van der Waals surface area contributed by atoms with Gasteiger partial charge in [-0.05, 0) is 33.0 Å². The van der Waals surface area contributed by atoms with Crippen LogP contribution < -0.4 is 5.56 Å². The number of carbonyl (C=O) groups is 1. The normalized spacial score (nSPS) is 22.6. The minimum Gasteiger partial charge on any atom is -0.387 e. The Bertz CT molecular complexity index is 555. The van der Waals surface area contributed by atoms with Gasteiger partial charge in [-0.3, -0.25) is 9.59 Å². The third-order valence-corrected chi connectivity index (χ3v) is 3.72. The van der Waals surface area contributed by atoms with Gasteiger partial charge in [-0.25, -0.2) is 0 Å². The van der Waals surface area contributed by atoms with Crippen molar-refractivity contribution < 1.29 is 9.90 Å². The number of hydrogen-bond donors (Lipinski definition) is 1. The predicted octanol–water partition coefficient (Wildman–Crippen LogP) is -0.237. The molecule has 2 heterocycles. The van der Waals surface area contributed by atoms with Crippen molar-refractivity contribution in [2.24, 2.45) is 0 Å². The lowest BCUT2D eigenvalue weighted by Gasteiger charge is -2.40. The summed E-state index contributed by atoms with van der Waals surface area (Å²) in [5.74, 6) is -0.125. The van der Waals surface area contributed by atoms with Gasteiger partial charge in [0.1, 0.15) is 6.54 Å². The highest BCUT2D eigenvalue weighted by Gasteiger charge is 2.35. The topological polar surface area (TPSA) is 65.8 Å². The highest BCUT2D eigenvalue weighted by Crippen LogP contribution is 2.22. The van der Waals surface area contributed by atoms with Crippen LogP contribution in [0.4, 0.5) is 0 Å². The number of β-amino-alcohol motifs (C(OH)–C–C–N with tert-alkyl or cyclic N) is 1. The van der Waals surface area contributed by atoms with E-state index in [1.807, 2.05) is 19.0 Å². The number of likely N-dealkylation sites (tertiary alicyclic amines) is 1. The fraction of sp³-hybridized carbons (Fsp3) is 0.600. The molecular formula is C15H23N3O3. The van der Waals surface area contributed by atoms with Crippen LogP contribution in [-0.2, 0) is 11.3 Å². The molecule has 21 heavy (non-hydrogen) atoms. The molecule has 1 saturated heterocycles. The van der Waals surface area contributed by atoms with E-state index < -0.39 is 5.60 Å². The lowest BCUT2D eigenvalue weighted by atomic mass is 9.92. The van der Waals surface area contributed by atoms with Crippen LogP contribution in [0, 0.1) is 0 Å². The lowest BCUT2D eigenvalue weighted by Crippen LogP contribution is -2.55. The summed E-state index contributed by atoms with van der Waals surface area (Å²) in [5, 5.41) is 10.6. The van der Waals surface area contributed by atoms with Crippen LogP contribution >= 0.6 is 0 Å². The molecule has 1 aromatic heterocycles. The molecule has 6 heteroatoms. The Kier molecular flexibility index (Phi) is 4.80. The average Bonchev–Trinajstić information content (AvgIpc) is 2.40. The molecule has 1 atom stereocenters. The van der Waals surface area contributed by atoms with Crippen molar-refractivity contribution in [3.63, 3.8) is 0 Å². The summed E-state index contributed by atoms with van der Waals surface area (Å²) >= 11 is 0. The maximum atomic E-state index is 12.3. The van der Waals surface area contributed by atoms with Crippen molar-refractivity contribution in [2.45, 2.75) is 25.0 Å². The monoisotopic (exact) mass is 293 g/mol. The second kappa shape index (κ2) is 6.41. The van der Waals surface area contributed by atoms with E-state index >= 15 is 0 Å². The summed E-state index contributed by atoms with van der Waals surface area (Å²) in [7, 11) is 3.81. The number of rotatable bonds is 4. The Labute approximate surface area is 124 Å². The molecule has 6 nitrogen and oxygen atoms in total. The molecule has 0 saturated carbocycles. The fourth-order valence-corrected chi connectivity index (χ4v) is 2.88. The number of carbonyl (C=O) groups excluding carboxylic acids is 1. The molecule has 0 unspecified atom stereocenters. The van der Waals surface area contributed by atoms with Gasteiger partial charge in [0.05, 0.1) is 12.1 Å². The maximum Gasteiger partial charge on any atom is 0.250 e. The van der Waals surface area contributed by atoms with Gasteiger partial charge in [0.15, 0.2) is 0 Å². The van der Waals surface area contributed by atoms with Crippen molar-refractivity contribution in [3.8, 4) is 0 Å². The summed E-state index contributed by atoms with van der Waals surface area (Å²) in [4.78, 5) is 27.6. The van der Waals surface area contributed by atoms with Crippen LogP contribution in [0.3, 0.4) is 0 Å². The van der Waals surface area contributed by atoms with Gasteiger partial charge in [0.25, 0.3) is 5.56 Å². The molecule has 0 aromatic carbocycles. The molecule has 1 N–H and O–H groups in total. The number of likely N-dealkylation sites (N-methyl/N-ethyl adjacent to an activating group) is 1. The maximum absolute atomic E-state index is 12.3. The highest BCUT2D eigenvalue weighted by molar-refractivity contribution is 5.76. The van der Waals surface area contributed by atoms with Crippen LogP contribution in [0.1, 0.15) is 12.8 Å². The van der Waals surface area contributed by atoms with E-state index in [2.05, 4.69) is 0 Å². The Morgan fingerprint density at radius 1 is 1.43 bits per heavy atom. The number of pyridine rings is 1. The molecule has 116 valence electrons. The van der Waals surface area contributed by atoms with E-state index in [4.69, 9.17) is 0 Å². The minimum atomic E-state index is -0.862. The molecule has 0 bridgehead atoms. The first-order valence-corrected chi connectivity index (χ1v) is 7.20. The van der Waals surface area contributed by atoms with Gasteiger partial charge >= 0.3 is 0 Å². The van der Waals surface area contributed by atoms with Gasteiger partial charge < -0.3 is 19.5 Å². The Hall–Kier alpha value is -1.66. The molecular weight excluding hydrogens is 270 g/mol. The summed E-state index contributed by atoms with van der Waals surface area (Å²) in [6, 6.07) is 4.82. The number of piperidine rings is 1. The number of aliphatic hydroxyl groups is 1. The van der Waals surface area contributed by atoms with Crippen molar-refractivity contribution >= 4 is 5.91 Å². The van der Waals surface area contributed by atoms with Crippen LogP contribution in [0.5, 0.6) is 0 Å². The zero-order chi connectivity index (χ0) is 15.5. The summed E-state index contributed by atoms with van der Waals surface area (Å²) in [6.45, 7) is 1.52. The average molecular weight is 293 g/mol. The fourth-order valence-electron chi connectivity index (χ4n) is 2.88. The summed E-state index contributed by atoms with van der Waals surface area (Å²) in [5.41, 5.74) is -1.05. The molecule has 2 rings (SSSR count). The number of nitrogens with zero attached hydrogens (tertiary/aromatic N) is 3. The lowest BCUT2D eigenvalue weighted by molar-refractivity contribution is -0.139. The number of amides is 1. The minimum absolute atomic E-state index is 0.0255. The Morgan fingerprint density at radius 2 is 2.19 bits per heavy atom. The van der Waals surface area contributed by atoms with E-state index in [9.17, 15) is 14.7 Å². The quantitative estimate of drug-likeness (QED) is 0.832. The number of hydrogen-bond acceptors (Lipinski definition) is 4. The van der Waals surface area contributed by atoms with E-state index in [-0.39, 0.29) is 18.0 Å². The highest BCUT2D eigenvalue weighted by atomic mass is 16.3. The third kappa shape index (κ3) is 4.15. The van der Waals surface area contributed by atoms with Gasteiger partial charge in [-0.1, -0.05) is 6.07 Å².